The van der Waals surface area contributed by atoms with E-state index in [-0.39, 0.29) is 11.9 Å². The molecular formula is C18H17FN2. The summed E-state index contributed by atoms with van der Waals surface area (Å²) in [6, 6.07) is 19.0. The summed E-state index contributed by atoms with van der Waals surface area (Å²) in [6.07, 6.45) is 0. The molecule has 3 N–H and O–H groups in total. The molecule has 0 spiro atoms. The number of hydrogen-bond acceptors (Lipinski definition) is 2. The summed E-state index contributed by atoms with van der Waals surface area (Å²) in [7, 11) is 0. The van der Waals surface area contributed by atoms with Gasteiger partial charge in [-0.3, -0.25) is 5.84 Å². The molecule has 106 valence electrons. The van der Waals surface area contributed by atoms with Gasteiger partial charge in [-0.15, -0.1) is 0 Å². The predicted octanol–water partition coefficient (Wildman–Crippen LogP) is 3.84. The number of nitrogens with one attached hydrogen (secondary N) is 1. The van der Waals surface area contributed by atoms with Crippen molar-refractivity contribution in [2.75, 3.05) is 0 Å². The molecule has 1 atom stereocenters. The van der Waals surface area contributed by atoms with Gasteiger partial charge in [-0.05, 0) is 52.6 Å². The first-order valence-electron chi connectivity index (χ1n) is 6.89. The quantitative estimate of drug-likeness (QED) is 0.565. The molecule has 0 radical (unpaired) electrons. The maximum absolute atomic E-state index is 13.6. The highest BCUT2D eigenvalue weighted by Gasteiger charge is 2.14. The molecule has 3 aromatic carbocycles. The van der Waals surface area contributed by atoms with Crippen LogP contribution in [0.2, 0.25) is 0 Å². The second-order valence-electron chi connectivity index (χ2n) is 5.27. The van der Waals surface area contributed by atoms with Crippen LogP contribution in [0.15, 0.2) is 60.7 Å². The molecule has 0 amide bonds. The van der Waals surface area contributed by atoms with Crippen molar-refractivity contribution in [3.8, 4) is 0 Å². The zero-order valence-corrected chi connectivity index (χ0v) is 11.8. The molecule has 0 saturated heterocycles. The lowest BCUT2D eigenvalue weighted by molar-refractivity contribution is 0.604. The predicted molar refractivity (Wildman–Crippen MR) is 84.3 cm³/mol. The van der Waals surface area contributed by atoms with Crippen molar-refractivity contribution in [3.05, 3.63) is 83.2 Å². The SMILES string of the molecule is Cc1cc(F)cc(C(NN)c2ccc3ccccc3c2)c1. The van der Waals surface area contributed by atoms with Gasteiger partial charge >= 0.3 is 0 Å². The summed E-state index contributed by atoms with van der Waals surface area (Å²) < 4.78 is 13.6. The van der Waals surface area contributed by atoms with Gasteiger partial charge in [0.15, 0.2) is 0 Å². The standard InChI is InChI=1S/C18H17FN2/c1-12-8-16(11-17(19)9-12)18(21-20)15-7-6-13-4-2-3-5-14(13)10-15/h2-11,18,21H,20H2,1H3. The lowest BCUT2D eigenvalue weighted by Crippen LogP contribution is -2.29. The third-order valence-electron chi connectivity index (χ3n) is 3.67. The van der Waals surface area contributed by atoms with Crippen LogP contribution in [0.3, 0.4) is 0 Å². The van der Waals surface area contributed by atoms with Crippen molar-refractivity contribution in [1.82, 2.24) is 5.43 Å². The van der Waals surface area contributed by atoms with E-state index in [4.69, 9.17) is 5.84 Å². The fourth-order valence-electron chi connectivity index (χ4n) is 2.70. The van der Waals surface area contributed by atoms with Crippen molar-refractivity contribution in [3.63, 3.8) is 0 Å². The monoisotopic (exact) mass is 280 g/mol. The Morgan fingerprint density at radius 1 is 0.905 bits per heavy atom. The minimum Gasteiger partial charge on any atom is -0.271 e. The van der Waals surface area contributed by atoms with Gasteiger partial charge < -0.3 is 0 Å². The van der Waals surface area contributed by atoms with E-state index in [2.05, 4.69) is 29.7 Å². The zero-order chi connectivity index (χ0) is 14.8. The van der Waals surface area contributed by atoms with E-state index in [1.165, 1.54) is 17.5 Å². The van der Waals surface area contributed by atoms with Gasteiger partial charge in [0.2, 0.25) is 0 Å². The van der Waals surface area contributed by atoms with Crippen molar-refractivity contribution in [2.24, 2.45) is 5.84 Å². The number of benzene rings is 3. The van der Waals surface area contributed by atoms with Crippen LogP contribution in [0.1, 0.15) is 22.7 Å². The first-order valence-corrected chi connectivity index (χ1v) is 6.89. The summed E-state index contributed by atoms with van der Waals surface area (Å²) in [5.41, 5.74) is 5.51. The van der Waals surface area contributed by atoms with E-state index in [0.717, 1.165) is 22.1 Å². The van der Waals surface area contributed by atoms with Gasteiger partial charge in [0.25, 0.3) is 0 Å². The Labute approximate surface area is 123 Å². The lowest BCUT2D eigenvalue weighted by atomic mass is 9.95. The summed E-state index contributed by atoms with van der Waals surface area (Å²) in [5.74, 6) is 5.46. The molecule has 0 saturated carbocycles. The van der Waals surface area contributed by atoms with Crippen LogP contribution >= 0.6 is 0 Å². The third kappa shape index (κ3) is 2.79. The average Bonchev–Trinajstić information content (AvgIpc) is 2.47. The Balaban J connectivity index is 2.08. The van der Waals surface area contributed by atoms with Crippen LogP contribution in [0.5, 0.6) is 0 Å². The molecular weight excluding hydrogens is 263 g/mol. The Kier molecular flexibility index (Phi) is 3.69. The van der Waals surface area contributed by atoms with Crippen LogP contribution in [0, 0.1) is 12.7 Å². The fraction of sp³-hybridized carbons (Fsp3) is 0.111. The molecule has 1 unspecified atom stereocenters. The van der Waals surface area contributed by atoms with Gasteiger partial charge in [0, 0.05) is 0 Å². The molecule has 0 fully saturated rings. The van der Waals surface area contributed by atoms with Gasteiger partial charge in [-0.1, -0.05) is 42.5 Å². The van der Waals surface area contributed by atoms with Crippen molar-refractivity contribution < 1.29 is 4.39 Å². The number of nitrogens with two attached hydrogens (primary N) is 1. The summed E-state index contributed by atoms with van der Waals surface area (Å²) in [6.45, 7) is 1.88. The minimum atomic E-state index is -0.244. The maximum atomic E-state index is 13.6. The van der Waals surface area contributed by atoms with Gasteiger partial charge in [-0.2, -0.15) is 0 Å². The molecule has 0 heterocycles. The van der Waals surface area contributed by atoms with E-state index < -0.39 is 0 Å². The highest BCUT2D eigenvalue weighted by molar-refractivity contribution is 5.83. The number of aryl methyl sites for hydroxylation is 1. The highest BCUT2D eigenvalue weighted by atomic mass is 19.1. The van der Waals surface area contributed by atoms with E-state index in [1.54, 1.807) is 0 Å². The number of hydrazine groups is 1. The summed E-state index contributed by atoms with van der Waals surface area (Å²) in [5, 5.41) is 2.32. The third-order valence-corrected chi connectivity index (χ3v) is 3.67. The van der Waals surface area contributed by atoms with Crippen molar-refractivity contribution in [1.29, 1.82) is 0 Å². The van der Waals surface area contributed by atoms with Crippen LogP contribution in [-0.4, -0.2) is 0 Å². The Morgan fingerprint density at radius 3 is 2.38 bits per heavy atom. The maximum Gasteiger partial charge on any atom is 0.123 e. The summed E-state index contributed by atoms with van der Waals surface area (Å²) >= 11 is 0. The molecule has 3 heteroatoms. The number of hydrogen-bond donors (Lipinski definition) is 2. The fourth-order valence-corrected chi connectivity index (χ4v) is 2.70. The van der Waals surface area contributed by atoms with E-state index >= 15 is 0 Å². The lowest BCUT2D eigenvalue weighted by Gasteiger charge is -2.18. The van der Waals surface area contributed by atoms with Gasteiger partial charge in [0.1, 0.15) is 5.82 Å². The number of halogens is 1. The molecule has 0 aliphatic heterocycles. The molecule has 21 heavy (non-hydrogen) atoms. The first kappa shape index (κ1) is 13.7. The minimum absolute atomic E-state index is 0.232. The second kappa shape index (κ2) is 5.64. The van der Waals surface area contributed by atoms with Crippen LogP contribution in [0.25, 0.3) is 10.8 Å². The van der Waals surface area contributed by atoms with E-state index in [0.29, 0.717) is 0 Å². The molecule has 0 aromatic heterocycles. The Morgan fingerprint density at radius 2 is 1.67 bits per heavy atom. The normalized spacial score (nSPS) is 12.5. The van der Waals surface area contributed by atoms with Crippen molar-refractivity contribution >= 4 is 10.8 Å². The second-order valence-corrected chi connectivity index (χ2v) is 5.27. The van der Waals surface area contributed by atoms with Crippen LogP contribution in [-0.2, 0) is 0 Å². The van der Waals surface area contributed by atoms with E-state index in [1.807, 2.05) is 31.2 Å². The van der Waals surface area contributed by atoms with Gasteiger partial charge in [-0.25, -0.2) is 9.82 Å². The molecule has 3 rings (SSSR count). The summed E-state index contributed by atoms with van der Waals surface area (Å²) in [4.78, 5) is 0. The topological polar surface area (TPSA) is 38.0 Å². The zero-order valence-electron chi connectivity index (χ0n) is 11.8. The van der Waals surface area contributed by atoms with Gasteiger partial charge in [0.05, 0.1) is 6.04 Å². The highest BCUT2D eigenvalue weighted by Crippen LogP contribution is 2.26. The molecule has 2 nitrogen and oxygen atoms in total. The Hall–Kier alpha value is -2.23. The van der Waals surface area contributed by atoms with E-state index in [9.17, 15) is 4.39 Å². The smallest absolute Gasteiger partial charge is 0.123 e. The molecule has 0 aliphatic rings. The molecule has 0 bridgehead atoms. The molecule has 3 aromatic rings. The number of fused-ring (bicyclic) bond motifs is 1. The number of rotatable bonds is 3. The Bertz CT molecular complexity index is 763. The molecule has 0 aliphatic carbocycles. The van der Waals surface area contributed by atoms with Crippen LogP contribution < -0.4 is 11.3 Å². The van der Waals surface area contributed by atoms with Crippen molar-refractivity contribution in [2.45, 2.75) is 13.0 Å². The largest absolute Gasteiger partial charge is 0.271 e. The first-order chi connectivity index (χ1) is 10.2. The van der Waals surface area contributed by atoms with Crippen LogP contribution in [0.4, 0.5) is 4.39 Å². The average molecular weight is 280 g/mol.